The van der Waals surface area contributed by atoms with Gasteiger partial charge >= 0.3 is 5.97 Å². The van der Waals surface area contributed by atoms with Gasteiger partial charge in [0.25, 0.3) is 0 Å². The van der Waals surface area contributed by atoms with Crippen molar-refractivity contribution < 1.29 is 15.0 Å². The van der Waals surface area contributed by atoms with E-state index >= 15 is 0 Å². The van der Waals surface area contributed by atoms with E-state index in [2.05, 4.69) is 4.98 Å². The van der Waals surface area contributed by atoms with E-state index in [-0.39, 0.29) is 5.75 Å². The van der Waals surface area contributed by atoms with Gasteiger partial charge in [-0.05, 0) is 24.6 Å². The Morgan fingerprint density at radius 3 is 2.76 bits per heavy atom. The van der Waals surface area contributed by atoms with E-state index in [1.165, 1.54) is 17.4 Å². The summed E-state index contributed by atoms with van der Waals surface area (Å²) in [6.07, 6.45) is 1.66. The van der Waals surface area contributed by atoms with Crippen molar-refractivity contribution >= 4 is 17.3 Å². The average molecular weight is 249 g/mol. The molecule has 1 aromatic heterocycles. The number of hydrogen-bond donors (Lipinski definition) is 2. The van der Waals surface area contributed by atoms with E-state index in [1.54, 1.807) is 25.3 Å². The van der Waals surface area contributed by atoms with Crippen LogP contribution in [0.2, 0.25) is 0 Å². The van der Waals surface area contributed by atoms with Crippen molar-refractivity contribution in [1.29, 1.82) is 0 Å². The Kier molecular flexibility index (Phi) is 3.10. The van der Waals surface area contributed by atoms with E-state index in [1.807, 2.05) is 5.38 Å². The fourth-order valence-electron chi connectivity index (χ4n) is 1.50. The Morgan fingerprint density at radius 2 is 2.24 bits per heavy atom. The fourth-order valence-corrected chi connectivity index (χ4v) is 2.17. The molecule has 0 fully saturated rings. The molecular formula is C12H11NO3S. The van der Waals surface area contributed by atoms with Gasteiger partial charge in [0.1, 0.15) is 10.8 Å². The monoisotopic (exact) mass is 249 g/mol. The van der Waals surface area contributed by atoms with Crippen LogP contribution in [0.4, 0.5) is 0 Å². The maximum absolute atomic E-state index is 10.8. The van der Waals surface area contributed by atoms with Crippen molar-refractivity contribution in [1.82, 2.24) is 4.98 Å². The number of nitrogens with zero attached hydrogens (tertiary/aromatic N) is 1. The van der Waals surface area contributed by atoms with E-state index in [9.17, 15) is 9.90 Å². The van der Waals surface area contributed by atoms with Gasteiger partial charge in [-0.25, -0.2) is 4.98 Å². The Balaban J connectivity index is 2.39. The van der Waals surface area contributed by atoms with E-state index in [4.69, 9.17) is 5.11 Å². The van der Waals surface area contributed by atoms with E-state index in [0.29, 0.717) is 11.1 Å². The molecular weight excluding hydrogens is 238 g/mol. The lowest BCUT2D eigenvalue weighted by atomic mass is 9.99. The van der Waals surface area contributed by atoms with Gasteiger partial charge in [-0.2, -0.15) is 0 Å². The van der Waals surface area contributed by atoms with E-state index in [0.717, 1.165) is 5.01 Å². The summed E-state index contributed by atoms with van der Waals surface area (Å²) >= 11 is 1.42. The molecule has 0 bridgehead atoms. The molecule has 2 rings (SSSR count). The first kappa shape index (κ1) is 11.6. The zero-order valence-electron chi connectivity index (χ0n) is 9.12. The number of thiazole rings is 1. The highest BCUT2D eigenvalue weighted by Crippen LogP contribution is 2.33. The van der Waals surface area contributed by atoms with Gasteiger partial charge in [0.2, 0.25) is 0 Å². The van der Waals surface area contributed by atoms with Crippen LogP contribution in [-0.4, -0.2) is 21.2 Å². The number of aliphatic carboxylic acids is 1. The topological polar surface area (TPSA) is 70.4 Å². The lowest BCUT2D eigenvalue weighted by Gasteiger charge is -2.08. The first-order valence-corrected chi connectivity index (χ1v) is 5.93. The molecule has 5 heteroatoms. The Labute approximate surface area is 102 Å². The van der Waals surface area contributed by atoms with Gasteiger partial charge in [0.15, 0.2) is 0 Å². The molecule has 17 heavy (non-hydrogen) atoms. The van der Waals surface area contributed by atoms with Crippen LogP contribution in [0.1, 0.15) is 18.4 Å². The molecule has 0 spiro atoms. The highest BCUT2D eigenvalue weighted by molar-refractivity contribution is 7.13. The fraction of sp³-hybridized carbons (Fsp3) is 0.167. The molecule has 1 unspecified atom stereocenters. The zero-order chi connectivity index (χ0) is 12.4. The second kappa shape index (κ2) is 4.55. The SMILES string of the molecule is CC(C(=O)O)c1ccc(-c2nccs2)c(O)c1. The van der Waals surface area contributed by atoms with Crippen LogP contribution in [0.5, 0.6) is 5.75 Å². The molecule has 0 saturated heterocycles. The molecule has 0 saturated carbocycles. The number of benzene rings is 1. The molecule has 88 valence electrons. The Morgan fingerprint density at radius 1 is 1.47 bits per heavy atom. The summed E-state index contributed by atoms with van der Waals surface area (Å²) in [6.45, 7) is 1.58. The van der Waals surface area contributed by atoms with Gasteiger partial charge < -0.3 is 10.2 Å². The highest BCUT2D eigenvalue weighted by Gasteiger charge is 2.16. The van der Waals surface area contributed by atoms with Crippen molar-refractivity contribution in [2.75, 3.05) is 0 Å². The number of carboxylic acid groups (broad SMARTS) is 1. The van der Waals surface area contributed by atoms with Crippen molar-refractivity contribution in [3.8, 4) is 16.3 Å². The first-order valence-electron chi connectivity index (χ1n) is 5.05. The number of carboxylic acids is 1. The van der Waals surface area contributed by atoms with Gasteiger partial charge in [0, 0.05) is 11.6 Å². The lowest BCUT2D eigenvalue weighted by Crippen LogP contribution is -2.07. The van der Waals surface area contributed by atoms with Crippen LogP contribution >= 0.6 is 11.3 Å². The summed E-state index contributed by atoms with van der Waals surface area (Å²) in [5, 5.41) is 21.3. The largest absolute Gasteiger partial charge is 0.507 e. The molecule has 0 aliphatic heterocycles. The Hall–Kier alpha value is -1.88. The standard InChI is InChI=1S/C12H11NO3S/c1-7(12(15)16)8-2-3-9(10(14)6-8)11-13-4-5-17-11/h2-7,14H,1H3,(H,15,16). The highest BCUT2D eigenvalue weighted by atomic mass is 32.1. The molecule has 2 N–H and O–H groups in total. The molecule has 1 aromatic carbocycles. The third-order valence-electron chi connectivity index (χ3n) is 2.55. The number of carbonyl (C=O) groups is 1. The van der Waals surface area contributed by atoms with Crippen molar-refractivity contribution in [3.05, 3.63) is 35.3 Å². The van der Waals surface area contributed by atoms with Gasteiger partial charge in [-0.15, -0.1) is 11.3 Å². The molecule has 0 aliphatic carbocycles. The van der Waals surface area contributed by atoms with E-state index < -0.39 is 11.9 Å². The summed E-state index contributed by atoms with van der Waals surface area (Å²) in [5.74, 6) is -1.48. The van der Waals surface area contributed by atoms with Crippen LogP contribution in [0.25, 0.3) is 10.6 Å². The van der Waals surface area contributed by atoms with Crippen molar-refractivity contribution in [2.24, 2.45) is 0 Å². The first-order chi connectivity index (χ1) is 8.09. The zero-order valence-corrected chi connectivity index (χ0v) is 9.94. The molecule has 1 heterocycles. The van der Waals surface area contributed by atoms with Crippen LogP contribution in [0, 0.1) is 0 Å². The molecule has 2 aromatic rings. The third kappa shape index (κ3) is 2.29. The quantitative estimate of drug-likeness (QED) is 0.877. The number of aromatic nitrogens is 1. The maximum atomic E-state index is 10.8. The lowest BCUT2D eigenvalue weighted by molar-refractivity contribution is -0.138. The van der Waals surface area contributed by atoms with Crippen molar-refractivity contribution in [2.45, 2.75) is 12.8 Å². The molecule has 4 nitrogen and oxygen atoms in total. The normalized spacial score (nSPS) is 12.3. The number of aromatic hydroxyl groups is 1. The number of phenolic OH excluding ortho intramolecular Hbond substituents is 1. The number of rotatable bonds is 3. The van der Waals surface area contributed by atoms with Crippen LogP contribution < -0.4 is 0 Å². The minimum Gasteiger partial charge on any atom is -0.507 e. The minimum absolute atomic E-state index is 0.0607. The third-order valence-corrected chi connectivity index (χ3v) is 3.36. The molecule has 0 amide bonds. The second-order valence-corrected chi connectivity index (χ2v) is 4.57. The summed E-state index contributed by atoms with van der Waals surface area (Å²) in [4.78, 5) is 14.9. The molecule has 1 atom stereocenters. The summed E-state index contributed by atoms with van der Waals surface area (Å²) < 4.78 is 0. The molecule has 0 aliphatic rings. The van der Waals surface area contributed by atoms with Crippen LogP contribution in [-0.2, 0) is 4.79 Å². The predicted molar refractivity (Wildman–Crippen MR) is 65.3 cm³/mol. The minimum atomic E-state index is -0.911. The summed E-state index contributed by atoms with van der Waals surface area (Å²) in [7, 11) is 0. The van der Waals surface area contributed by atoms with Crippen LogP contribution in [0.15, 0.2) is 29.8 Å². The second-order valence-electron chi connectivity index (χ2n) is 3.67. The van der Waals surface area contributed by atoms with Gasteiger partial charge in [-0.3, -0.25) is 4.79 Å². The average Bonchev–Trinajstić information content (AvgIpc) is 2.81. The number of hydrogen-bond acceptors (Lipinski definition) is 4. The maximum Gasteiger partial charge on any atom is 0.310 e. The predicted octanol–water partition coefficient (Wildman–Crippen LogP) is 2.70. The van der Waals surface area contributed by atoms with Crippen molar-refractivity contribution in [3.63, 3.8) is 0 Å². The Bertz CT molecular complexity index is 537. The summed E-state index contributed by atoms with van der Waals surface area (Å²) in [6, 6.07) is 4.88. The molecule has 0 radical (unpaired) electrons. The van der Waals surface area contributed by atoms with Gasteiger partial charge in [0.05, 0.1) is 11.5 Å². The smallest absolute Gasteiger partial charge is 0.310 e. The number of phenols is 1. The summed E-state index contributed by atoms with van der Waals surface area (Å²) in [5.41, 5.74) is 1.21. The van der Waals surface area contributed by atoms with Crippen LogP contribution in [0.3, 0.4) is 0 Å². The van der Waals surface area contributed by atoms with Gasteiger partial charge in [-0.1, -0.05) is 6.07 Å².